The van der Waals surface area contributed by atoms with Gasteiger partial charge in [-0.2, -0.15) is 4.39 Å². The van der Waals surface area contributed by atoms with Crippen molar-refractivity contribution in [1.82, 2.24) is 9.38 Å². The molecule has 4 aromatic rings. The molecule has 0 radical (unpaired) electrons. The maximum atomic E-state index is 13.5. The number of thiazole rings is 1. The highest BCUT2D eigenvalue weighted by atomic mass is 32.1. The summed E-state index contributed by atoms with van der Waals surface area (Å²) in [5.41, 5.74) is 2.57. The van der Waals surface area contributed by atoms with E-state index in [1.54, 1.807) is 16.0 Å². The number of imidazole rings is 1. The molecule has 0 aliphatic carbocycles. The zero-order chi connectivity index (χ0) is 19.8. The number of aromatic nitrogens is 2. The van der Waals surface area contributed by atoms with Crippen LogP contribution in [0.25, 0.3) is 16.2 Å². The van der Waals surface area contributed by atoms with E-state index in [0.29, 0.717) is 10.7 Å². The van der Waals surface area contributed by atoms with Crippen LogP contribution in [0, 0.1) is 22.9 Å². The lowest BCUT2D eigenvalue weighted by Gasteiger charge is -2.04. The number of halogens is 1. The molecule has 0 saturated carbocycles. The van der Waals surface area contributed by atoms with Gasteiger partial charge in [0.15, 0.2) is 4.96 Å². The Kier molecular flexibility index (Phi) is 4.36. The number of hydrogen-bond donors (Lipinski definition) is 1. The molecule has 0 unspecified atom stereocenters. The minimum atomic E-state index is -0.960. The average molecular weight is 396 g/mol. The van der Waals surface area contributed by atoms with Crippen molar-refractivity contribution in [2.45, 2.75) is 6.92 Å². The molecule has 0 aliphatic rings. The Morgan fingerprint density at radius 3 is 2.71 bits per heavy atom. The first-order chi connectivity index (χ1) is 13.4. The summed E-state index contributed by atoms with van der Waals surface area (Å²) in [6.45, 7) is 2.00. The van der Waals surface area contributed by atoms with Gasteiger partial charge in [-0.1, -0.05) is 29.8 Å². The number of rotatable bonds is 4. The summed E-state index contributed by atoms with van der Waals surface area (Å²) in [5.74, 6) is -1.43. The number of nitro groups is 1. The summed E-state index contributed by atoms with van der Waals surface area (Å²) < 4.78 is 15.1. The van der Waals surface area contributed by atoms with Crippen molar-refractivity contribution in [2.24, 2.45) is 0 Å². The first-order valence-electron chi connectivity index (χ1n) is 8.21. The number of aryl methyl sites for hydroxylation is 1. The normalized spacial score (nSPS) is 10.9. The highest BCUT2D eigenvalue weighted by Gasteiger charge is 2.18. The van der Waals surface area contributed by atoms with E-state index in [1.165, 1.54) is 17.4 Å². The third-order valence-corrected chi connectivity index (χ3v) is 5.03. The van der Waals surface area contributed by atoms with Crippen LogP contribution in [-0.4, -0.2) is 20.2 Å². The van der Waals surface area contributed by atoms with Gasteiger partial charge in [0.25, 0.3) is 5.91 Å². The smallest absolute Gasteiger partial charge is 0.306 e. The van der Waals surface area contributed by atoms with Crippen LogP contribution in [-0.2, 0) is 0 Å². The summed E-state index contributed by atoms with van der Waals surface area (Å²) in [6, 6.07) is 11.1. The molecule has 9 heteroatoms. The lowest BCUT2D eigenvalue weighted by atomic mass is 10.1. The van der Waals surface area contributed by atoms with Gasteiger partial charge in [0.05, 0.1) is 10.6 Å². The van der Waals surface area contributed by atoms with Crippen LogP contribution in [0.2, 0.25) is 0 Å². The third kappa shape index (κ3) is 3.23. The summed E-state index contributed by atoms with van der Waals surface area (Å²) in [7, 11) is 0. The Morgan fingerprint density at radius 2 is 2.00 bits per heavy atom. The number of anilines is 1. The summed E-state index contributed by atoms with van der Waals surface area (Å²) in [4.78, 5) is 27.8. The summed E-state index contributed by atoms with van der Waals surface area (Å²) >= 11 is 1.30. The van der Waals surface area contributed by atoms with Gasteiger partial charge in [0.2, 0.25) is 5.82 Å². The minimum absolute atomic E-state index is 0.135. The zero-order valence-electron chi connectivity index (χ0n) is 14.5. The fraction of sp³-hybridized carbons (Fsp3) is 0.0526. The van der Waals surface area contributed by atoms with Crippen molar-refractivity contribution < 1.29 is 14.1 Å². The van der Waals surface area contributed by atoms with E-state index in [9.17, 15) is 19.3 Å². The van der Waals surface area contributed by atoms with Crippen LogP contribution in [0.4, 0.5) is 15.8 Å². The zero-order valence-corrected chi connectivity index (χ0v) is 15.4. The van der Waals surface area contributed by atoms with E-state index in [2.05, 4.69) is 10.3 Å². The SMILES string of the molecule is Cc1ccc(-c2cn3c(C(=O)Nc4ccc(F)c([N+](=O)[O-])c4)csc3n2)cc1. The standard InChI is InChI=1S/C19H13FN4O3S/c1-11-2-4-12(5-3-11)15-9-23-17(10-28-19(23)22-15)18(25)21-13-6-7-14(20)16(8-13)24(26)27/h2-10H,1H3,(H,21,25). The van der Waals surface area contributed by atoms with Crippen molar-refractivity contribution in [3.63, 3.8) is 0 Å². The Labute approximate surface area is 162 Å². The molecule has 0 spiro atoms. The monoisotopic (exact) mass is 396 g/mol. The van der Waals surface area contributed by atoms with E-state index < -0.39 is 22.3 Å². The first kappa shape index (κ1) is 17.8. The van der Waals surface area contributed by atoms with E-state index in [4.69, 9.17) is 0 Å². The van der Waals surface area contributed by atoms with E-state index in [-0.39, 0.29) is 5.69 Å². The fourth-order valence-electron chi connectivity index (χ4n) is 2.74. The topological polar surface area (TPSA) is 89.5 Å². The predicted octanol–water partition coefficient (Wildman–Crippen LogP) is 4.67. The molecular formula is C19H13FN4O3S. The number of hydrogen-bond acceptors (Lipinski definition) is 5. The lowest BCUT2D eigenvalue weighted by Crippen LogP contribution is -2.14. The van der Waals surface area contributed by atoms with Crippen LogP contribution in [0.3, 0.4) is 0 Å². The van der Waals surface area contributed by atoms with Gasteiger partial charge in [0, 0.05) is 28.9 Å². The van der Waals surface area contributed by atoms with Gasteiger partial charge >= 0.3 is 5.69 Å². The van der Waals surface area contributed by atoms with Crippen molar-refractivity contribution in [3.05, 3.63) is 81.2 Å². The third-order valence-electron chi connectivity index (χ3n) is 4.19. The van der Waals surface area contributed by atoms with Gasteiger partial charge in [-0.15, -0.1) is 11.3 Å². The maximum absolute atomic E-state index is 13.5. The van der Waals surface area contributed by atoms with Crippen molar-refractivity contribution in [1.29, 1.82) is 0 Å². The number of nitrogens with zero attached hydrogens (tertiary/aromatic N) is 3. The highest BCUT2D eigenvalue weighted by molar-refractivity contribution is 7.15. The Morgan fingerprint density at radius 1 is 1.25 bits per heavy atom. The summed E-state index contributed by atoms with van der Waals surface area (Å²) in [5, 5.41) is 15.1. The molecule has 0 atom stereocenters. The molecule has 28 heavy (non-hydrogen) atoms. The van der Waals surface area contributed by atoms with E-state index in [0.717, 1.165) is 29.0 Å². The highest BCUT2D eigenvalue weighted by Crippen LogP contribution is 2.26. The van der Waals surface area contributed by atoms with Gasteiger partial charge in [-0.3, -0.25) is 19.3 Å². The molecule has 1 amide bonds. The van der Waals surface area contributed by atoms with E-state index >= 15 is 0 Å². The Balaban J connectivity index is 1.64. The molecule has 1 N–H and O–H groups in total. The quantitative estimate of drug-likeness (QED) is 0.401. The van der Waals surface area contributed by atoms with Crippen molar-refractivity contribution in [2.75, 3.05) is 5.32 Å². The van der Waals surface area contributed by atoms with Gasteiger partial charge < -0.3 is 5.32 Å². The van der Waals surface area contributed by atoms with Crippen LogP contribution in [0.15, 0.2) is 54.0 Å². The number of carbonyl (C=O) groups is 1. The fourth-order valence-corrected chi connectivity index (χ4v) is 3.59. The molecule has 0 bridgehead atoms. The van der Waals surface area contributed by atoms with E-state index in [1.807, 2.05) is 31.2 Å². The number of fused-ring (bicyclic) bond motifs is 1. The molecule has 2 aromatic carbocycles. The average Bonchev–Trinajstić information content (AvgIpc) is 3.24. The number of amides is 1. The van der Waals surface area contributed by atoms with Crippen molar-refractivity contribution in [3.8, 4) is 11.3 Å². The molecule has 4 rings (SSSR count). The summed E-state index contributed by atoms with van der Waals surface area (Å²) in [6.07, 6.45) is 1.76. The largest absolute Gasteiger partial charge is 0.320 e. The molecule has 0 aliphatic heterocycles. The predicted molar refractivity (Wildman–Crippen MR) is 104 cm³/mol. The minimum Gasteiger partial charge on any atom is -0.320 e. The van der Waals surface area contributed by atoms with Gasteiger partial charge in [-0.05, 0) is 19.1 Å². The molecule has 2 aromatic heterocycles. The first-order valence-corrected chi connectivity index (χ1v) is 9.09. The van der Waals surface area contributed by atoms with Gasteiger partial charge in [0.1, 0.15) is 5.69 Å². The number of benzene rings is 2. The maximum Gasteiger partial charge on any atom is 0.306 e. The van der Waals surface area contributed by atoms with Crippen LogP contribution in [0.1, 0.15) is 16.1 Å². The lowest BCUT2D eigenvalue weighted by molar-refractivity contribution is -0.387. The number of carbonyl (C=O) groups excluding carboxylic acids is 1. The van der Waals surface area contributed by atoms with Crippen LogP contribution < -0.4 is 5.32 Å². The number of nitrogens with one attached hydrogen (secondary N) is 1. The molecule has 140 valence electrons. The molecule has 2 heterocycles. The Bertz CT molecular complexity index is 1210. The number of nitro benzene ring substituents is 1. The Hall–Kier alpha value is -3.59. The molecule has 7 nitrogen and oxygen atoms in total. The van der Waals surface area contributed by atoms with Gasteiger partial charge in [-0.25, -0.2) is 4.98 Å². The van der Waals surface area contributed by atoms with Crippen LogP contribution >= 0.6 is 11.3 Å². The second-order valence-corrected chi connectivity index (χ2v) is 6.98. The molecular weight excluding hydrogens is 383 g/mol. The second kappa shape index (κ2) is 6.86. The van der Waals surface area contributed by atoms with Crippen molar-refractivity contribution >= 4 is 33.6 Å². The molecule has 0 fully saturated rings. The molecule has 0 saturated heterocycles. The van der Waals surface area contributed by atoms with Crippen LogP contribution in [0.5, 0.6) is 0 Å². The second-order valence-electron chi connectivity index (χ2n) is 6.14.